The van der Waals surface area contributed by atoms with Crippen molar-refractivity contribution in [3.05, 3.63) is 174 Å². The molecule has 4 nitrogen and oxygen atoms in total. The van der Waals surface area contributed by atoms with E-state index in [0.717, 1.165) is 71.8 Å². The fourth-order valence-corrected chi connectivity index (χ4v) is 7.49. The number of nitrogens with zero attached hydrogens (tertiary/aromatic N) is 4. The van der Waals surface area contributed by atoms with Crippen LogP contribution in [-0.2, 0) is 0 Å². The Morgan fingerprint density at radius 1 is 0.553 bits per heavy atom. The molecule has 1 atom stereocenters. The molecule has 10 rings (SSSR count). The molecule has 0 radical (unpaired) electrons. The second-order valence-electron chi connectivity index (χ2n) is 12.1. The van der Waals surface area contributed by atoms with Gasteiger partial charge in [-0.15, -0.1) is 5.69 Å². The SMILES string of the molecule is Fc1ccc2c(c1)c1c3ccccc3ccc1n2C1N=C(c2ccc3c(c2)c2ccccc2n3-c2ccccc2)c2ccccc2[N-]1. The average Bonchev–Trinajstić information content (AvgIpc) is 3.64. The van der Waals surface area contributed by atoms with Gasteiger partial charge in [0.15, 0.2) is 0 Å². The van der Waals surface area contributed by atoms with Gasteiger partial charge in [-0.3, -0.25) is 4.99 Å². The first-order valence-corrected chi connectivity index (χ1v) is 15.8. The third-order valence-electron chi connectivity index (χ3n) is 9.50. The molecule has 0 amide bonds. The highest BCUT2D eigenvalue weighted by atomic mass is 19.1. The molecule has 0 bridgehead atoms. The van der Waals surface area contributed by atoms with Crippen molar-refractivity contribution < 1.29 is 4.39 Å². The fourth-order valence-electron chi connectivity index (χ4n) is 7.49. The summed E-state index contributed by atoms with van der Waals surface area (Å²) in [7, 11) is 0. The van der Waals surface area contributed by atoms with Crippen molar-refractivity contribution >= 4 is 65.8 Å². The summed E-state index contributed by atoms with van der Waals surface area (Å²) in [6.45, 7) is 0. The van der Waals surface area contributed by atoms with E-state index in [4.69, 9.17) is 10.3 Å². The maximum Gasteiger partial charge on any atom is 0.123 e. The maximum atomic E-state index is 14.8. The van der Waals surface area contributed by atoms with Crippen LogP contribution in [0, 0.1) is 5.82 Å². The van der Waals surface area contributed by atoms with E-state index in [-0.39, 0.29) is 5.82 Å². The summed E-state index contributed by atoms with van der Waals surface area (Å²) in [5.74, 6) is -0.262. The van der Waals surface area contributed by atoms with Gasteiger partial charge in [-0.2, -0.15) is 0 Å². The number of rotatable bonds is 3. The van der Waals surface area contributed by atoms with E-state index in [2.05, 4.69) is 112 Å². The molecule has 1 aliphatic heterocycles. The Morgan fingerprint density at radius 3 is 2.19 bits per heavy atom. The van der Waals surface area contributed by atoms with Crippen molar-refractivity contribution in [2.24, 2.45) is 4.99 Å². The van der Waals surface area contributed by atoms with E-state index in [0.29, 0.717) is 0 Å². The number of halogens is 1. The van der Waals surface area contributed by atoms with Gasteiger partial charge >= 0.3 is 0 Å². The molecule has 9 aromatic rings. The number of hydrogen-bond acceptors (Lipinski definition) is 1. The number of benzene rings is 7. The first-order chi connectivity index (χ1) is 23.2. The van der Waals surface area contributed by atoms with Gasteiger partial charge in [-0.25, -0.2) is 4.39 Å². The zero-order valence-corrected chi connectivity index (χ0v) is 25.2. The van der Waals surface area contributed by atoms with Crippen LogP contribution in [-0.4, -0.2) is 14.8 Å². The lowest BCUT2D eigenvalue weighted by molar-refractivity contribution is 0.628. The van der Waals surface area contributed by atoms with Gasteiger partial charge in [-0.1, -0.05) is 97.1 Å². The summed E-state index contributed by atoms with van der Waals surface area (Å²) in [6.07, 6.45) is -0.576. The minimum Gasteiger partial charge on any atom is -0.646 e. The van der Waals surface area contributed by atoms with Crippen molar-refractivity contribution in [1.29, 1.82) is 0 Å². The number of para-hydroxylation sites is 3. The molecule has 0 N–H and O–H groups in total. The van der Waals surface area contributed by atoms with Crippen molar-refractivity contribution in [2.75, 3.05) is 0 Å². The maximum absolute atomic E-state index is 14.8. The van der Waals surface area contributed by atoms with Gasteiger partial charge in [0, 0.05) is 38.3 Å². The van der Waals surface area contributed by atoms with Crippen molar-refractivity contribution in [3.63, 3.8) is 0 Å². The van der Waals surface area contributed by atoms with Crippen LogP contribution >= 0.6 is 0 Å². The molecule has 0 fully saturated rings. The summed E-state index contributed by atoms with van der Waals surface area (Å²) in [4.78, 5) is 5.40. The quantitative estimate of drug-likeness (QED) is 0.192. The Hall–Kier alpha value is -6.20. The Labute approximate surface area is 269 Å². The topological polar surface area (TPSA) is 36.3 Å². The molecule has 222 valence electrons. The van der Waals surface area contributed by atoms with Crippen LogP contribution < -0.4 is 0 Å². The predicted molar refractivity (Wildman–Crippen MR) is 192 cm³/mol. The van der Waals surface area contributed by atoms with Gasteiger partial charge in [0.25, 0.3) is 0 Å². The molecule has 7 aromatic carbocycles. The average molecular weight is 606 g/mol. The lowest BCUT2D eigenvalue weighted by Gasteiger charge is -2.39. The highest BCUT2D eigenvalue weighted by Gasteiger charge is 2.22. The third-order valence-corrected chi connectivity index (χ3v) is 9.50. The summed E-state index contributed by atoms with van der Waals surface area (Å²) in [5, 5.41) is 11.6. The first kappa shape index (κ1) is 26.1. The molecule has 0 spiro atoms. The molecular formula is C42H26FN4-. The fraction of sp³-hybridized carbons (Fsp3) is 0.0238. The van der Waals surface area contributed by atoms with E-state index in [1.54, 1.807) is 6.07 Å². The molecule has 5 heteroatoms. The van der Waals surface area contributed by atoms with E-state index in [9.17, 15) is 4.39 Å². The van der Waals surface area contributed by atoms with E-state index >= 15 is 0 Å². The number of aromatic nitrogens is 2. The highest BCUT2D eigenvalue weighted by molar-refractivity contribution is 6.22. The largest absolute Gasteiger partial charge is 0.646 e. The minimum atomic E-state index is -0.576. The van der Waals surface area contributed by atoms with Gasteiger partial charge in [-0.05, 0) is 70.9 Å². The normalized spacial score (nSPS) is 14.6. The van der Waals surface area contributed by atoms with Crippen LogP contribution in [0.2, 0.25) is 0 Å². The molecule has 1 aliphatic rings. The first-order valence-electron chi connectivity index (χ1n) is 15.8. The molecule has 2 aromatic heterocycles. The van der Waals surface area contributed by atoms with E-state index < -0.39 is 6.29 Å². The van der Waals surface area contributed by atoms with Crippen molar-refractivity contribution in [3.8, 4) is 5.69 Å². The predicted octanol–water partition coefficient (Wildman–Crippen LogP) is 11.2. The second kappa shape index (κ2) is 9.90. The molecular weight excluding hydrogens is 579 g/mol. The Morgan fingerprint density at radius 2 is 1.28 bits per heavy atom. The molecule has 0 saturated carbocycles. The monoisotopic (exact) mass is 605 g/mol. The zero-order chi connectivity index (χ0) is 31.1. The molecule has 0 saturated heterocycles. The standard InChI is InChI=1S/C42H26FN4/c43-28-20-23-38-34(25-28)40-30-13-5-4-10-26(30)18-22-39(40)47(38)42-44-35-16-8-6-15-32(35)41(45-42)27-19-21-37-33(24-27)31-14-7-9-17-36(31)46(37)29-11-2-1-3-12-29/h1-25,42H/q-1. The highest BCUT2D eigenvalue weighted by Crippen LogP contribution is 2.44. The Bertz CT molecular complexity index is 2730. The van der Waals surface area contributed by atoms with Crippen LogP contribution in [0.15, 0.2) is 157 Å². The van der Waals surface area contributed by atoms with E-state index in [1.807, 2.05) is 36.4 Å². The Kier molecular flexibility index (Phi) is 5.49. The Balaban J connectivity index is 1.23. The van der Waals surface area contributed by atoms with Crippen LogP contribution in [0.3, 0.4) is 0 Å². The third kappa shape index (κ3) is 3.83. The van der Waals surface area contributed by atoms with Crippen LogP contribution in [0.25, 0.3) is 65.4 Å². The smallest absolute Gasteiger partial charge is 0.123 e. The summed E-state index contributed by atoms with van der Waals surface area (Å²) in [6, 6.07) is 51.5. The van der Waals surface area contributed by atoms with Gasteiger partial charge in [0.2, 0.25) is 0 Å². The minimum absolute atomic E-state index is 0.262. The van der Waals surface area contributed by atoms with Crippen molar-refractivity contribution in [1.82, 2.24) is 9.13 Å². The summed E-state index contributed by atoms with van der Waals surface area (Å²) >= 11 is 0. The number of hydrogen-bond donors (Lipinski definition) is 0. The van der Waals surface area contributed by atoms with Gasteiger partial charge < -0.3 is 14.5 Å². The van der Waals surface area contributed by atoms with Gasteiger partial charge in [0.05, 0.1) is 28.6 Å². The van der Waals surface area contributed by atoms with E-state index in [1.165, 1.54) is 16.8 Å². The van der Waals surface area contributed by atoms with Crippen LogP contribution in [0.1, 0.15) is 17.4 Å². The number of aliphatic imine (C=N–C) groups is 1. The van der Waals surface area contributed by atoms with Crippen LogP contribution in [0.5, 0.6) is 0 Å². The summed E-state index contributed by atoms with van der Waals surface area (Å²) < 4.78 is 19.3. The molecule has 1 unspecified atom stereocenters. The zero-order valence-electron chi connectivity index (χ0n) is 25.2. The van der Waals surface area contributed by atoms with Crippen molar-refractivity contribution in [2.45, 2.75) is 6.29 Å². The van der Waals surface area contributed by atoms with Gasteiger partial charge in [0.1, 0.15) is 5.82 Å². The lowest BCUT2D eigenvalue weighted by atomic mass is 9.97. The molecule has 0 aliphatic carbocycles. The second-order valence-corrected chi connectivity index (χ2v) is 12.1. The molecule has 47 heavy (non-hydrogen) atoms. The molecule has 3 heterocycles. The number of fused-ring (bicyclic) bond motifs is 9. The van der Waals surface area contributed by atoms with Crippen LogP contribution in [0.4, 0.5) is 10.1 Å². The summed E-state index contributed by atoms with van der Waals surface area (Å²) in [5.41, 5.74) is 9.09. The lowest BCUT2D eigenvalue weighted by Crippen LogP contribution is -2.16.